The molecule has 0 amide bonds. The Kier molecular flexibility index (Phi) is 7.53. The molecule has 0 fully saturated rings. The summed E-state index contributed by atoms with van der Waals surface area (Å²) in [6, 6.07) is 7.72. The van der Waals surface area contributed by atoms with Crippen molar-refractivity contribution in [3.63, 3.8) is 0 Å². The van der Waals surface area contributed by atoms with Gasteiger partial charge in [-0.3, -0.25) is 4.90 Å². The molecule has 0 radical (unpaired) electrons. The van der Waals surface area contributed by atoms with Crippen LogP contribution >= 0.6 is 0 Å². The third kappa shape index (κ3) is 5.21. The molecule has 1 aromatic carbocycles. The van der Waals surface area contributed by atoms with Gasteiger partial charge in [-0.25, -0.2) is 0 Å². The first-order valence-electron chi connectivity index (χ1n) is 7.46. The summed E-state index contributed by atoms with van der Waals surface area (Å²) in [6.07, 6.45) is 4.82. The van der Waals surface area contributed by atoms with Crippen LogP contribution in [-0.2, 0) is 0 Å². The molecule has 0 saturated heterocycles. The molecule has 0 aliphatic carbocycles. The minimum absolute atomic E-state index is 0.263. The van der Waals surface area contributed by atoms with Crippen LogP contribution in [0.1, 0.15) is 51.1 Å². The van der Waals surface area contributed by atoms with E-state index in [0.717, 1.165) is 13.1 Å². The standard InChI is InChI=1S/C16H28N2O/c1-3-5-11-18(12-6-4-2)16(13-17)14-7-9-15(19)10-8-14/h7-10,16,19H,3-6,11-13,17H2,1-2H3. The first-order valence-corrected chi connectivity index (χ1v) is 7.46. The van der Waals surface area contributed by atoms with E-state index in [9.17, 15) is 5.11 Å². The zero-order chi connectivity index (χ0) is 14.1. The molecule has 3 heteroatoms. The normalized spacial score (nSPS) is 12.8. The summed E-state index contributed by atoms with van der Waals surface area (Å²) in [5.41, 5.74) is 7.18. The molecule has 1 aromatic rings. The Labute approximate surface area is 117 Å². The second-order valence-electron chi connectivity index (χ2n) is 5.09. The third-order valence-corrected chi connectivity index (χ3v) is 3.54. The lowest BCUT2D eigenvalue weighted by molar-refractivity contribution is 0.195. The minimum Gasteiger partial charge on any atom is -0.508 e. The quantitative estimate of drug-likeness (QED) is 0.719. The largest absolute Gasteiger partial charge is 0.508 e. The second kappa shape index (κ2) is 8.94. The first kappa shape index (κ1) is 16.0. The molecule has 108 valence electrons. The molecular weight excluding hydrogens is 236 g/mol. The molecule has 0 saturated carbocycles. The lowest BCUT2D eigenvalue weighted by Crippen LogP contribution is -2.35. The molecule has 3 N–H and O–H groups in total. The Morgan fingerprint density at radius 3 is 2.00 bits per heavy atom. The average molecular weight is 264 g/mol. The number of rotatable bonds is 9. The van der Waals surface area contributed by atoms with Crippen molar-refractivity contribution in [3.05, 3.63) is 29.8 Å². The number of hydrogen-bond acceptors (Lipinski definition) is 3. The van der Waals surface area contributed by atoms with E-state index >= 15 is 0 Å². The summed E-state index contributed by atoms with van der Waals surface area (Å²) >= 11 is 0. The van der Waals surface area contributed by atoms with Gasteiger partial charge in [-0.15, -0.1) is 0 Å². The van der Waals surface area contributed by atoms with E-state index in [1.54, 1.807) is 12.1 Å². The number of phenols is 1. The van der Waals surface area contributed by atoms with Gasteiger partial charge in [0.15, 0.2) is 0 Å². The van der Waals surface area contributed by atoms with Crippen LogP contribution in [0, 0.1) is 0 Å². The first-order chi connectivity index (χ1) is 9.22. The van der Waals surface area contributed by atoms with Gasteiger partial charge in [0, 0.05) is 12.6 Å². The molecule has 0 aliphatic heterocycles. The Bertz CT molecular complexity index is 329. The summed E-state index contributed by atoms with van der Waals surface area (Å²) in [5, 5.41) is 9.39. The summed E-state index contributed by atoms with van der Waals surface area (Å²) in [6.45, 7) is 7.25. The highest BCUT2D eigenvalue weighted by atomic mass is 16.3. The van der Waals surface area contributed by atoms with Gasteiger partial charge in [-0.2, -0.15) is 0 Å². The number of hydrogen-bond donors (Lipinski definition) is 2. The van der Waals surface area contributed by atoms with E-state index < -0.39 is 0 Å². The molecule has 0 spiro atoms. The highest BCUT2D eigenvalue weighted by Gasteiger charge is 2.18. The SMILES string of the molecule is CCCCN(CCCC)C(CN)c1ccc(O)cc1. The van der Waals surface area contributed by atoms with E-state index in [1.807, 2.05) is 12.1 Å². The fraction of sp³-hybridized carbons (Fsp3) is 0.625. The number of nitrogens with zero attached hydrogens (tertiary/aromatic N) is 1. The van der Waals surface area contributed by atoms with Gasteiger partial charge in [0.2, 0.25) is 0 Å². The van der Waals surface area contributed by atoms with Crippen molar-refractivity contribution < 1.29 is 5.11 Å². The lowest BCUT2D eigenvalue weighted by atomic mass is 10.0. The molecule has 0 bridgehead atoms. The van der Waals surface area contributed by atoms with Crippen LogP contribution in [0.25, 0.3) is 0 Å². The Morgan fingerprint density at radius 2 is 1.58 bits per heavy atom. The number of nitrogens with two attached hydrogens (primary N) is 1. The summed E-state index contributed by atoms with van der Waals surface area (Å²) in [7, 11) is 0. The van der Waals surface area contributed by atoms with E-state index in [0.29, 0.717) is 12.3 Å². The van der Waals surface area contributed by atoms with Crippen molar-refractivity contribution in [2.24, 2.45) is 5.73 Å². The highest BCUT2D eigenvalue weighted by Crippen LogP contribution is 2.22. The lowest BCUT2D eigenvalue weighted by Gasteiger charge is -2.31. The third-order valence-electron chi connectivity index (χ3n) is 3.54. The van der Waals surface area contributed by atoms with Crippen LogP contribution in [0.5, 0.6) is 5.75 Å². The van der Waals surface area contributed by atoms with Gasteiger partial charge in [0.1, 0.15) is 5.75 Å². The van der Waals surface area contributed by atoms with Crippen molar-refractivity contribution in [3.8, 4) is 5.75 Å². The molecule has 0 aliphatic rings. The van der Waals surface area contributed by atoms with Gasteiger partial charge in [-0.1, -0.05) is 38.8 Å². The molecule has 0 heterocycles. The second-order valence-corrected chi connectivity index (χ2v) is 5.09. The van der Waals surface area contributed by atoms with Gasteiger partial charge < -0.3 is 10.8 Å². The predicted octanol–water partition coefficient (Wildman–Crippen LogP) is 3.29. The maximum absolute atomic E-state index is 9.39. The van der Waals surface area contributed by atoms with Gasteiger partial charge in [-0.05, 0) is 43.6 Å². The maximum Gasteiger partial charge on any atom is 0.115 e. The predicted molar refractivity (Wildman–Crippen MR) is 81.3 cm³/mol. The van der Waals surface area contributed by atoms with Crippen molar-refractivity contribution in [2.75, 3.05) is 19.6 Å². The molecule has 1 rings (SSSR count). The van der Waals surface area contributed by atoms with Crippen molar-refractivity contribution >= 4 is 0 Å². The summed E-state index contributed by atoms with van der Waals surface area (Å²) in [5.74, 6) is 0.313. The van der Waals surface area contributed by atoms with Gasteiger partial charge in [0.05, 0.1) is 0 Å². The molecule has 19 heavy (non-hydrogen) atoms. The zero-order valence-electron chi connectivity index (χ0n) is 12.3. The molecule has 1 atom stereocenters. The van der Waals surface area contributed by atoms with E-state index in [2.05, 4.69) is 18.7 Å². The highest BCUT2D eigenvalue weighted by molar-refractivity contribution is 5.28. The number of aromatic hydroxyl groups is 1. The van der Waals surface area contributed by atoms with Crippen LogP contribution in [0.4, 0.5) is 0 Å². The molecule has 3 nitrogen and oxygen atoms in total. The molecule has 1 unspecified atom stereocenters. The summed E-state index contributed by atoms with van der Waals surface area (Å²) < 4.78 is 0. The monoisotopic (exact) mass is 264 g/mol. The Hall–Kier alpha value is -1.06. The van der Waals surface area contributed by atoms with Gasteiger partial charge in [0.25, 0.3) is 0 Å². The number of unbranched alkanes of at least 4 members (excludes halogenated alkanes) is 2. The van der Waals surface area contributed by atoms with Crippen molar-refractivity contribution in [1.82, 2.24) is 4.90 Å². The molecule has 0 aromatic heterocycles. The van der Waals surface area contributed by atoms with Crippen LogP contribution in [0.2, 0.25) is 0 Å². The van der Waals surface area contributed by atoms with Crippen LogP contribution in [-0.4, -0.2) is 29.6 Å². The van der Waals surface area contributed by atoms with Crippen LogP contribution < -0.4 is 5.73 Å². The Balaban J connectivity index is 2.78. The topological polar surface area (TPSA) is 49.5 Å². The maximum atomic E-state index is 9.39. The summed E-state index contributed by atoms with van der Waals surface area (Å²) in [4.78, 5) is 2.49. The molecular formula is C16H28N2O. The van der Waals surface area contributed by atoms with Crippen molar-refractivity contribution in [2.45, 2.75) is 45.6 Å². The van der Waals surface area contributed by atoms with Crippen molar-refractivity contribution in [1.29, 1.82) is 0 Å². The smallest absolute Gasteiger partial charge is 0.115 e. The fourth-order valence-electron chi connectivity index (χ4n) is 2.34. The number of phenolic OH excluding ortho intramolecular Hbond substituents is 1. The van der Waals surface area contributed by atoms with Crippen LogP contribution in [0.15, 0.2) is 24.3 Å². The fourth-order valence-corrected chi connectivity index (χ4v) is 2.34. The van der Waals surface area contributed by atoms with E-state index in [1.165, 1.54) is 31.2 Å². The minimum atomic E-state index is 0.263. The van der Waals surface area contributed by atoms with E-state index in [-0.39, 0.29) is 6.04 Å². The Morgan fingerprint density at radius 1 is 1.05 bits per heavy atom. The van der Waals surface area contributed by atoms with E-state index in [4.69, 9.17) is 5.73 Å². The van der Waals surface area contributed by atoms with Crippen LogP contribution in [0.3, 0.4) is 0 Å². The zero-order valence-corrected chi connectivity index (χ0v) is 12.3. The van der Waals surface area contributed by atoms with Gasteiger partial charge >= 0.3 is 0 Å². The average Bonchev–Trinajstić information content (AvgIpc) is 2.43. The number of benzene rings is 1.